The van der Waals surface area contributed by atoms with Crippen molar-refractivity contribution < 1.29 is 28.1 Å². The second kappa shape index (κ2) is 10.1. The Morgan fingerprint density at radius 3 is 2.47 bits per heavy atom. The summed E-state index contributed by atoms with van der Waals surface area (Å²) >= 11 is 0. The Bertz CT molecular complexity index is 731. The lowest BCUT2D eigenvalue weighted by atomic mass is 10.1. The normalized spacial score (nSPS) is 20.6. The van der Waals surface area contributed by atoms with Crippen LogP contribution in [0.1, 0.15) is 46.5 Å². The smallest absolute Gasteiger partial charge is 0.408 e. The van der Waals surface area contributed by atoms with Gasteiger partial charge in [0, 0.05) is 6.54 Å². The largest absolute Gasteiger partial charge is 0.444 e. The first-order chi connectivity index (χ1) is 14.0. The van der Waals surface area contributed by atoms with Crippen LogP contribution in [-0.2, 0) is 30.1 Å². The quantitative estimate of drug-likeness (QED) is 0.457. The molecular weight excluding hydrogens is 412 g/mol. The van der Waals surface area contributed by atoms with Crippen LogP contribution in [0.25, 0.3) is 0 Å². The lowest BCUT2D eigenvalue weighted by Gasteiger charge is -2.26. The van der Waals surface area contributed by atoms with Crippen LogP contribution in [0.4, 0.5) is 4.79 Å². The van der Waals surface area contributed by atoms with Crippen molar-refractivity contribution in [3.8, 4) is 0 Å². The van der Waals surface area contributed by atoms with Crippen LogP contribution in [-0.4, -0.2) is 68.9 Å². The Labute approximate surface area is 178 Å². The number of hydrogen-bond acceptors (Lipinski definition) is 6. The van der Waals surface area contributed by atoms with Gasteiger partial charge in [-0.1, -0.05) is 6.08 Å². The van der Waals surface area contributed by atoms with E-state index in [1.165, 1.54) is 11.0 Å². The summed E-state index contributed by atoms with van der Waals surface area (Å²) in [7, 11) is -1.47. The molecule has 4 amide bonds. The number of nitrogens with one attached hydrogen (secondary N) is 3. The summed E-state index contributed by atoms with van der Waals surface area (Å²) in [5.41, 5.74) is -0.688. The molecule has 3 unspecified atom stereocenters. The minimum Gasteiger partial charge on any atom is -0.444 e. The van der Waals surface area contributed by atoms with E-state index in [4.69, 9.17) is 4.74 Å². The van der Waals surface area contributed by atoms with Gasteiger partial charge >= 0.3 is 6.09 Å². The zero-order valence-electron chi connectivity index (χ0n) is 17.6. The van der Waals surface area contributed by atoms with Gasteiger partial charge in [0.25, 0.3) is 5.91 Å². The SMILES string of the molecule is C=CC(NC(=O)C1CCCN1C(=O)CNC(=O)OC(C)(C)C)C(=O)NS(=O)C1CC1. The molecule has 2 rings (SSSR count). The van der Waals surface area contributed by atoms with Crippen molar-refractivity contribution in [1.29, 1.82) is 0 Å². The van der Waals surface area contributed by atoms with Gasteiger partial charge in [0.15, 0.2) is 0 Å². The van der Waals surface area contributed by atoms with Gasteiger partial charge in [0.2, 0.25) is 11.8 Å². The lowest BCUT2D eigenvalue weighted by Crippen LogP contribution is -2.54. The average Bonchev–Trinajstić information content (AvgIpc) is 3.39. The van der Waals surface area contributed by atoms with E-state index in [0.29, 0.717) is 19.4 Å². The summed E-state index contributed by atoms with van der Waals surface area (Å²) in [4.78, 5) is 50.5. The van der Waals surface area contributed by atoms with Gasteiger partial charge in [-0.15, -0.1) is 6.58 Å². The number of alkyl carbamates (subject to hydrolysis) is 1. The molecule has 0 aromatic rings. The van der Waals surface area contributed by atoms with E-state index in [2.05, 4.69) is 21.9 Å². The molecule has 0 aromatic carbocycles. The van der Waals surface area contributed by atoms with Crippen molar-refractivity contribution in [2.24, 2.45) is 0 Å². The van der Waals surface area contributed by atoms with Gasteiger partial charge in [0.05, 0.1) is 5.25 Å². The van der Waals surface area contributed by atoms with Gasteiger partial charge in [0.1, 0.15) is 35.2 Å². The molecule has 2 fully saturated rings. The molecule has 0 aromatic heterocycles. The first-order valence-corrected chi connectivity index (χ1v) is 11.1. The molecule has 1 saturated carbocycles. The standard InChI is InChI=1S/C19H30N4O6S/c1-5-13(16(25)22-30(28)12-8-9-12)21-17(26)14-7-6-10-23(14)15(24)11-20-18(27)29-19(2,3)4/h5,12-14H,1,6-11H2,2-4H3,(H,20,27)(H,21,26)(H,22,25). The summed E-state index contributed by atoms with van der Waals surface area (Å²) in [5.74, 6) is -1.53. The molecule has 1 aliphatic carbocycles. The number of carbonyl (C=O) groups is 4. The molecule has 0 spiro atoms. The molecule has 10 nitrogen and oxygen atoms in total. The second-order valence-corrected chi connectivity index (χ2v) is 9.75. The van der Waals surface area contributed by atoms with Crippen LogP contribution in [0.2, 0.25) is 0 Å². The molecule has 30 heavy (non-hydrogen) atoms. The minimum absolute atomic E-state index is 0.0319. The number of nitrogens with zero attached hydrogens (tertiary/aromatic N) is 1. The summed E-state index contributed by atoms with van der Waals surface area (Å²) < 4.78 is 19.3. The summed E-state index contributed by atoms with van der Waals surface area (Å²) in [6.07, 6.45) is 3.19. The number of rotatable bonds is 8. The first-order valence-electron chi connectivity index (χ1n) is 9.92. The van der Waals surface area contributed by atoms with Crippen molar-refractivity contribution >= 4 is 34.8 Å². The maximum Gasteiger partial charge on any atom is 0.408 e. The predicted molar refractivity (Wildman–Crippen MR) is 110 cm³/mol. The fraction of sp³-hybridized carbons (Fsp3) is 0.684. The van der Waals surface area contributed by atoms with E-state index in [1.807, 2.05) is 0 Å². The Balaban J connectivity index is 1.88. The maximum atomic E-state index is 12.7. The molecule has 1 aliphatic heterocycles. The molecule has 1 saturated heterocycles. The molecule has 3 atom stereocenters. The van der Waals surface area contributed by atoms with Crippen LogP contribution in [0.3, 0.4) is 0 Å². The molecule has 0 bridgehead atoms. The van der Waals surface area contributed by atoms with Crippen molar-refractivity contribution in [2.75, 3.05) is 13.1 Å². The first kappa shape index (κ1) is 23.8. The third-order valence-corrected chi connectivity index (χ3v) is 5.98. The molecule has 1 heterocycles. The second-order valence-electron chi connectivity index (χ2n) is 8.29. The highest BCUT2D eigenvalue weighted by atomic mass is 32.2. The number of hydrogen-bond donors (Lipinski definition) is 3. The van der Waals surface area contributed by atoms with Gasteiger partial charge < -0.3 is 20.3 Å². The van der Waals surface area contributed by atoms with E-state index in [-0.39, 0.29) is 11.8 Å². The van der Waals surface area contributed by atoms with E-state index in [1.54, 1.807) is 20.8 Å². The highest BCUT2D eigenvalue weighted by Crippen LogP contribution is 2.24. The van der Waals surface area contributed by atoms with Crippen molar-refractivity contribution in [3.63, 3.8) is 0 Å². The molecule has 2 aliphatic rings. The number of amides is 4. The van der Waals surface area contributed by atoms with E-state index in [0.717, 1.165) is 12.8 Å². The summed E-state index contributed by atoms with van der Waals surface area (Å²) in [5, 5.41) is 4.90. The van der Waals surface area contributed by atoms with E-state index in [9.17, 15) is 23.4 Å². The van der Waals surface area contributed by atoms with Crippen molar-refractivity contribution in [2.45, 2.75) is 69.4 Å². The zero-order chi connectivity index (χ0) is 22.5. The predicted octanol–water partition coefficient (Wildman–Crippen LogP) is 0.115. The van der Waals surface area contributed by atoms with Crippen LogP contribution < -0.4 is 15.4 Å². The fourth-order valence-corrected chi connectivity index (χ4v) is 3.97. The van der Waals surface area contributed by atoms with Gasteiger partial charge in [-0.05, 0) is 46.5 Å². The van der Waals surface area contributed by atoms with E-state index >= 15 is 0 Å². The van der Waals surface area contributed by atoms with Gasteiger partial charge in [-0.25, -0.2) is 9.00 Å². The zero-order valence-corrected chi connectivity index (χ0v) is 18.4. The molecule has 0 radical (unpaired) electrons. The Morgan fingerprint density at radius 2 is 1.90 bits per heavy atom. The van der Waals surface area contributed by atoms with Crippen LogP contribution in [0, 0.1) is 0 Å². The summed E-state index contributed by atoms with van der Waals surface area (Å²) in [6.45, 7) is 8.74. The molecular formula is C19H30N4O6S. The highest BCUT2D eigenvalue weighted by molar-refractivity contribution is 7.84. The van der Waals surface area contributed by atoms with Gasteiger partial charge in [-0.2, -0.15) is 0 Å². The van der Waals surface area contributed by atoms with Crippen molar-refractivity contribution in [3.05, 3.63) is 12.7 Å². The summed E-state index contributed by atoms with van der Waals surface area (Å²) in [6, 6.07) is -1.82. The van der Waals surface area contributed by atoms with Gasteiger partial charge in [-0.3, -0.25) is 19.1 Å². The average molecular weight is 443 g/mol. The Kier molecular flexibility index (Phi) is 7.99. The fourth-order valence-electron chi connectivity index (χ4n) is 2.91. The third kappa shape index (κ3) is 7.12. The number of ether oxygens (including phenoxy) is 1. The Hall–Kier alpha value is -2.43. The number of carbonyl (C=O) groups excluding carboxylic acids is 4. The monoisotopic (exact) mass is 442 g/mol. The van der Waals surface area contributed by atoms with Crippen molar-refractivity contribution in [1.82, 2.24) is 20.3 Å². The minimum atomic E-state index is -1.47. The number of likely N-dealkylation sites (tertiary alicyclic amines) is 1. The van der Waals surface area contributed by atoms with Crippen LogP contribution in [0.5, 0.6) is 0 Å². The van der Waals surface area contributed by atoms with Crippen LogP contribution >= 0.6 is 0 Å². The van der Waals surface area contributed by atoms with Crippen LogP contribution in [0.15, 0.2) is 12.7 Å². The van der Waals surface area contributed by atoms with E-state index < -0.39 is 52.5 Å². The molecule has 168 valence electrons. The molecule has 11 heteroatoms. The highest BCUT2D eigenvalue weighted by Gasteiger charge is 2.36. The third-order valence-electron chi connectivity index (χ3n) is 4.50. The maximum absolute atomic E-state index is 12.7. The Morgan fingerprint density at radius 1 is 1.23 bits per heavy atom. The molecule has 3 N–H and O–H groups in total. The topological polar surface area (TPSA) is 134 Å². The lowest BCUT2D eigenvalue weighted by molar-refractivity contribution is -0.138.